The van der Waals surface area contributed by atoms with Gasteiger partial charge >= 0.3 is 0 Å². The fourth-order valence-electron chi connectivity index (χ4n) is 5.56. The van der Waals surface area contributed by atoms with Crippen LogP contribution in [0.2, 0.25) is 0 Å². The third kappa shape index (κ3) is 8.68. The summed E-state index contributed by atoms with van der Waals surface area (Å²) in [5, 5.41) is 17.9. The maximum absolute atomic E-state index is 13.7. The van der Waals surface area contributed by atoms with Crippen LogP contribution in [0, 0.1) is 0 Å². The van der Waals surface area contributed by atoms with E-state index in [1.54, 1.807) is 66.7 Å². The number of aliphatic hydroxyl groups is 1. The first kappa shape index (κ1) is 34.5. The summed E-state index contributed by atoms with van der Waals surface area (Å²) >= 11 is 0. The third-order valence-corrected chi connectivity index (χ3v) is 9.19. The number of carbonyl (C=O) groups is 4. The highest BCUT2D eigenvalue weighted by Crippen LogP contribution is 2.24. The number of amides is 4. The van der Waals surface area contributed by atoms with E-state index >= 15 is 0 Å². The lowest BCUT2D eigenvalue weighted by atomic mass is 9.99. The Labute approximate surface area is 268 Å². The average Bonchev–Trinajstić information content (AvgIpc) is 3.49. The molecule has 4 amide bonds. The molecule has 0 spiro atoms. The molecular weight excluding hydrogens is 610 g/mol. The van der Waals surface area contributed by atoms with Crippen LogP contribution >= 0.6 is 0 Å². The Bertz CT molecular complexity index is 1690. The molecule has 0 unspecified atom stereocenters. The van der Waals surface area contributed by atoms with E-state index in [2.05, 4.69) is 15.4 Å². The summed E-state index contributed by atoms with van der Waals surface area (Å²) in [6.07, 6.45) is -1.53. The van der Waals surface area contributed by atoms with Gasteiger partial charge in [-0.1, -0.05) is 66.7 Å². The van der Waals surface area contributed by atoms with Crippen molar-refractivity contribution in [1.82, 2.24) is 20.3 Å². The fourth-order valence-corrected chi connectivity index (χ4v) is 6.99. The topological polar surface area (TPSA) is 188 Å². The van der Waals surface area contributed by atoms with Crippen LogP contribution in [-0.2, 0) is 35.6 Å². The van der Waals surface area contributed by atoms with E-state index in [1.807, 2.05) is 20.8 Å². The molecule has 12 nitrogen and oxygen atoms in total. The Morgan fingerprint density at radius 3 is 2.30 bits per heavy atom. The standard InChI is InChI=1S/C33H41N5O7S/c1-33(2,3)36-31(42)26-16-10-18-38(26)32(43)29(40)24(19-21-11-5-4-6-12-21)35-30(41)25(20-28(34)39)37-46(44,45)27-17-9-14-22-13-7-8-15-23(22)27/h4-9,11-15,17,24-26,29,37,40H,10,16,18-20H2,1-3H3,(H2,34,39)(H,35,41)(H,36,42)/t24-,25-,26-,29-/m0/s1. The summed E-state index contributed by atoms with van der Waals surface area (Å²) in [4.78, 5) is 53.6. The molecule has 1 fully saturated rings. The lowest BCUT2D eigenvalue weighted by Gasteiger charge is -2.32. The number of benzene rings is 3. The van der Waals surface area contributed by atoms with Gasteiger partial charge in [0.15, 0.2) is 6.10 Å². The number of primary amides is 1. The number of fused-ring (bicyclic) bond motifs is 1. The minimum absolute atomic E-state index is 0.00839. The van der Waals surface area contributed by atoms with Crippen molar-refractivity contribution in [2.24, 2.45) is 5.73 Å². The van der Waals surface area contributed by atoms with Gasteiger partial charge in [-0.25, -0.2) is 8.42 Å². The highest BCUT2D eigenvalue weighted by molar-refractivity contribution is 7.89. The lowest BCUT2D eigenvalue weighted by molar-refractivity contribution is -0.147. The van der Waals surface area contributed by atoms with E-state index in [4.69, 9.17) is 5.73 Å². The van der Waals surface area contributed by atoms with E-state index in [0.29, 0.717) is 29.2 Å². The van der Waals surface area contributed by atoms with E-state index < -0.39 is 63.9 Å². The number of nitrogens with two attached hydrogens (primary N) is 1. The van der Waals surface area contributed by atoms with Crippen LogP contribution in [0.15, 0.2) is 77.7 Å². The number of aliphatic hydroxyl groups excluding tert-OH is 1. The van der Waals surface area contributed by atoms with Crippen LogP contribution in [0.25, 0.3) is 10.8 Å². The van der Waals surface area contributed by atoms with Crippen molar-refractivity contribution in [2.75, 3.05) is 6.54 Å². The lowest BCUT2D eigenvalue weighted by Crippen LogP contribution is -2.59. The molecule has 6 N–H and O–H groups in total. The second-order valence-electron chi connectivity index (χ2n) is 12.5. The van der Waals surface area contributed by atoms with Gasteiger partial charge in [0.05, 0.1) is 17.4 Å². The van der Waals surface area contributed by atoms with E-state index in [1.165, 1.54) is 11.0 Å². The SMILES string of the molecule is CC(C)(C)NC(=O)[C@@H]1CCCN1C(=O)[C@@H](O)[C@H](Cc1ccccc1)NC(=O)[C@H](CC(N)=O)NS(=O)(=O)c1cccc2ccccc12. The van der Waals surface area contributed by atoms with Gasteiger partial charge in [0.2, 0.25) is 27.7 Å². The second kappa shape index (κ2) is 14.4. The molecule has 0 saturated carbocycles. The zero-order chi connectivity index (χ0) is 33.6. The van der Waals surface area contributed by atoms with Crippen molar-refractivity contribution in [3.63, 3.8) is 0 Å². The first-order chi connectivity index (χ1) is 21.7. The fraction of sp³-hybridized carbons (Fsp3) is 0.394. The molecule has 4 rings (SSSR count). The van der Waals surface area contributed by atoms with Crippen molar-refractivity contribution < 1.29 is 32.7 Å². The molecule has 0 radical (unpaired) electrons. The zero-order valence-electron chi connectivity index (χ0n) is 26.1. The largest absolute Gasteiger partial charge is 0.381 e. The Morgan fingerprint density at radius 1 is 0.978 bits per heavy atom. The van der Waals surface area contributed by atoms with Gasteiger partial charge in [0, 0.05) is 17.5 Å². The van der Waals surface area contributed by atoms with Crippen molar-refractivity contribution in [2.45, 2.75) is 81.1 Å². The highest BCUT2D eigenvalue weighted by atomic mass is 32.2. The monoisotopic (exact) mass is 651 g/mol. The van der Waals surface area contributed by atoms with Crippen LogP contribution in [0.1, 0.15) is 45.6 Å². The number of likely N-dealkylation sites (tertiary alicyclic amines) is 1. The predicted molar refractivity (Wildman–Crippen MR) is 173 cm³/mol. The summed E-state index contributed by atoms with van der Waals surface area (Å²) in [6, 6.07) is 16.6. The van der Waals surface area contributed by atoms with E-state index in [9.17, 15) is 32.7 Å². The van der Waals surface area contributed by atoms with Crippen LogP contribution in [0.5, 0.6) is 0 Å². The van der Waals surface area contributed by atoms with Crippen molar-refractivity contribution >= 4 is 44.4 Å². The smallest absolute Gasteiger partial charge is 0.254 e. The Balaban J connectivity index is 1.60. The summed E-state index contributed by atoms with van der Waals surface area (Å²) < 4.78 is 29.4. The molecule has 13 heteroatoms. The molecule has 0 aliphatic carbocycles. The Morgan fingerprint density at radius 2 is 1.63 bits per heavy atom. The molecule has 1 saturated heterocycles. The first-order valence-electron chi connectivity index (χ1n) is 15.1. The molecule has 0 aromatic heterocycles. The van der Waals surface area contributed by atoms with Crippen molar-refractivity contribution in [1.29, 1.82) is 0 Å². The van der Waals surface area contributed by atoms with Crippen LogP contribution in [-0.4, -0.2) is 78.4 Å². The van der Waals surface area contributed by atoms with E-state index in [-0.39, 0.29) is 23.8 Å². The van der Waals surface area contributed by atoms with Gasteiger partial charge in [-0.2, -0.15) is 4.72 Å². The number of hydrogen-bond acceptors (Lipinski definition) is 7. The number of hydrogen-bond donors (Lipinski definition) is 5. The molecule has 4 atom stereocenters. The first-order valence-corrected chi connectivity index (χ1v) is 16.6. The quantitative estimate of drug-likeness (QED) is 0.195. The van der Waals surface area contributed by atoms with E-state index in [0.717, 1.165) is 0 Å². The van der Waals surface area contributed by atoms with Gasteiger partial charge in [0.25, 0.3) is 5.91 Å². The summed E-state index contributed by atoms with van der Waals surface area (Å²) in [5.74, 6) is -3.00. The molecule has 1 aliphatic heterocycles. The molecule has 46 heavy (non-hydrogen) atoms. The third-order valence-electron chi connectivity index (χ3n) is 7.66. The number of carbonyl (C=O) groups excluding carboxylic acids is 4. The maximum atomic E-state index is 13.7. The van der Waals surface area contributed by atoms with Gasteiger partial charge in [-0.05, 0) is 57.0 Å². The van der Waals surface area contributed by atoms with Gasteiger partial charge in [-0.15, -0.1) is 0 Å². The second-order valence-corrected chi connectivity index (χ2v) is 14.2. The highest BCUT2D eigenvalue weighted by Gasteiger charge is 2.41. The minimum atomic E-state index is -4.35. The van der Waals surface area contributed by atoms with Crippen LogP contribution in [0.4, 0.5) is 0 Å². The van der Waals surface area contributed by atoms with Crippen molar-refractivity contribution in [3.8, 4) is 0 Å². The van der Waals surface area contributed by atoms with Crippen LogP contribution in [0.3, 0.4) is 0 Å². The molecule has 1 heterocycles. The van der Waals surface area contributed by atoms with Crippen molar-refractivity contribution in [3.05, 3.63) is 78.4 Å². The molecule has 3 aromatic carbocycles. The molecule has 246 valence electrons. The van der Waals surface area contributed by atoms with Crippen LogP contribution < -0.4 is 21.1 Å². The maximum Gasteiger partial charge on any atom is 0.254 e. The van der Waals surface area contributed by atoms with Gasteiger partial charge < -0.3 is 26.4 Å². The Kier molecular flexibility index (Phi) is 10.8. The molecular formula is C33H41N5O7S. The molecule has 0 bridgehead atoms. The minimum Gasteiger partial charge on any atom is -0.381 e. The average molecular weight is 652 g/mol. The summed E-state index contributed by atoms with van der Waals surface area (Å²) in [6.45, 7) is 5.70. The van der Waals surface area contributed by atoms with Gasteiger partial charge in [-0.3, -0.25) is 19.2 Å². The molecule has 3 aromatic rings. The predicted octanol–water partition coefficient (Wildman–Crippen LogP) is 1.36. The number of nitrogens with one attached hydrogen (secondary N) is 3. The number of sulfonamides is 1. The Hall–Kier alpha value is -4.33. The molecule has 1 aliphatic rings. The zero-order valence-corrected chi connectivity index (χ0v) is 26.9. The number of nitrogens with zero attached hydrogens (tertiary/aromatic N) is 1. The number of rotatable bonds is 12. The van der Waals surface area contributed by atoms with Gasteiger partial charge in [0.1, 0.15) is 12.1 Å². The normalized spacial score (nSPS) is 17.2. The summed E-state index contributed by atoms with van der Waals surface area (Å²) in [5.41, 5.74) is 5.55. The summed E-state index contributed by atoms with van der Waals surface area (Å²) in [7, 11) is -4.35.